The Kier molecular flexibility index (Phi) is 8.82. The van der Waals surface area contributed by atoms with Gasteiger partial charge in [-0.15, -0.1) is 0 Å². The monoisotopic (exact) mass is 750 g/mol. The summed E-state index contributed by atoms with van der Waals surface area (Å²) in [6.07, 6.45) is 17.4. The van der Waals surface area contributed by atoms with Gasteiger partial charge in [0.2, 0.25) is 0 Å². The standard InChI is InChI=1S/C56H50N2/c1-55(2)51-23-15-14-22-47(51)49-34-31-46(37-53(49)55)58(43-20-12-7-13-21-43)44-29-26-39(27-30-44)24-25-40-28-33-48-50-35-32-45(38-54(50)56(3,4)52(48)36-40)57(41-16-8-5-9-17-41)42-18-10-6-11-19-42/h5-14,16-22,24-36,38,53H,15,23,37H2,1-4H3/b25-24+. The molecule has 0 fully saturated rings. The molecule has 0 bridgehead atoms. The first-order chi connectivity index (χ1) is 28.3. The third kappa shape index (κ3) is 6.10. The molecule has 0 radical (unpaired) electrons. The lowest BCUT2D eigenvalue weighted by molar-refractivity contribution is 0.316. The van der Waals surface area contributed by atoms with Crippen molar-refractivity contribution in [3.05, 3.63) is 221 Å². The molecule has 284 valence electrons. The van der Waals surface area contributed by atoms with Crippen LogP contribution in [0.5, 0.6) is 0 Å². The van der Waals surface area contributed by atoms with E-state index in [0.717, 1.165) is 24.2 Å². The molecule has 0 saturated carbocycles. The van der Waals surface area contributed by atoms with Gasteiger partial charge in [0, 0.05) is 39.5 Å². The van der Waals surface area contributed by atoms with E-state index in [0.29, 0.717) is 5.92 Å². The lowest BCUT2D eigenvalue weighted by Gasteiger charge is -2.37. The van der Waals surface area contributed by atoms with E-state index in [1.807, 2.05) is 0 Å². The van der Waals surface area contributed by atoms with Gasteiger partial charge in [0.1, 0.15) is 0 Å². The fraction of sp³-hybridized carbons (Fsp3) is 0.179. The van der Waals surface area contributed by atoms with Crippen LogP contribution in [0.15, 0.2) is 198 Å². The molecule has 0 aromatic heterocycles. The van der Waals surface area contributed by atoms with Gasteiger partial charge in [-0.25, -0.2) is 0 Å². The molecule has 0 aliphatic heterocycles. The first kappa shape index (κ1) is 36.0. The van der Waals surface area contributed by atoms with Crippen LogP contribution in [0.25, 0.3) is 23.3 Å². The van der Waals surface area contributed by atoms with Gasteiger partial charge in [-0.3, -0.25) is 0 Å². The molecule has 0 saturated heterocycles. The predicted molar refractivity (Wildman–Crippen MR) is 246 cm³/mol. The quantitative estimate of drug-likeness (QED) is 0.143. The second-order valence-corrected chi connectivity index (χ2v) is 17.4. The minimum absolute atomic E-state index is 0.143. The van der Waals surface area contributed by atoms with Gasteiger partial charge < -0.3 is 9.80 Å². The number of hydrogen-bond donors (Lipinski definition) is 0. The third-order valence-electron chi connectivity index (χ3n) is 13.3. The lowest BCUT2D eigenvalue weighted by atomic mass is 9.71. The number of benzene rings is 6. The lowest BCUT2D eigenvalue weighted by Crippen LogP contribution is -2.28. The van der Waals surface area contributed by atoms with Gasteiger partial charge in [-0.1, -0.05) is 155 Å². The molecule has 1 atom stereocenters. The molecule has 2 heteroatoms. The molecule has 0 amide bonds. The molecule has 1 unspecified atom stereocenters. The van der Waals surface area contributed by atoms with Gasteiger partial charge in [-0.05, 0) is 142 Å². The van der Waals surface area contributed by atoms with Crippen LogP contribution in [0.4, 0.5) is 28.4 Å². The SMILES string of the molecule is CC1(C)c2cc(/C=C/c3ccc(N(C4=CC=C5C6=C(CCC=C6)C(C)(C)C5C4)c4ccccc4)cc3)ccc2-c2ccc(N(c3ccccc3)c3ccccc3)cc21. The maximum absolute atomic E-state index is 2.47. The van der Waals surface area contributed by atoms with Crippen LogP contribution in [0, 0.1) is 11.3 Å². The van der Waals surface area contributed by atoms with Crippen molar-refractivity contribution in [3.8, 4) is 11.1 Å². The van der Waals surface area contributed by atoms with E-state index in [9.17, 15) is 0 Å². The van der Waals surface area contributed by atoms with E-state index in [4.69, 9.17) is 0 Å². The number of anilines is 5. The molecule has 4 aliphatic carbocycles. The van der Waals surface area contributed by atoms with Crippen LogP contribution in [0.1, 0.15) is 69.2 Å². The van der Waals surface area contributed by atoms with Gasteiger partial charge in [0.25, 0.3) is 0 Å². The minimum atomic E-state index is -0.143. The molecule has 0 spiro atoms. The summed E-state index contributed by atoms with van der Waals surface area (Å²) in [5.74, 6) is 0.485. The van der Waals surface area contributed by atoms with Crippen molar-refractivity contribution in [2.75, 3.05) is 9.80 Å². The summed E-state index contributed by atoms with van der Waals surface area (Å²) in [7, 11) is 0. The fourth-order valence-corrected chi connectivity index (χ4v) is 10.2. The van der Waals surface area contributed by atoms with Gasteiger partial charge in [0.15, 0.2) is 0 Å². The Hall–Kier alpha value is -6.38. The van der Waals surface area contributed by atoms with Crippen molar-refractivity contribution in [2.45, 2.75) is 52.4 Å². The highest BCUT2D eigenvalue weighted by atomic mass is 15.2. The number of allylic oxidation sites excluding steroid dienone is 8. The highest BCUT2D eigenvalue weighted by molar-refractivity contribution is 5.87. The fourth-order valence-electron chi connectivity index (χ4n) is 10.2. The van der Waals surface area contributed by atoms with Gasteiger partial charge >= 0.3 is 0 Å². The van der Waals surface area contributed by atoms with E-state index in [1.165, 1.54) is 73.7 Å². The summed E-state index contributed by atoms with van der Waals surface area (Å²) in [6, 6.07) is 55.3. The Labute approximate surface area is 344 Å². The summed E-state index contributed by atoms with van der Waals surface area (Å²) in [4.78, 5) is 4.82. The number of rotatable bonds is 8. The second kappa shape index (κ2) is 14.2. The minimum Gasteiger partial charge on any atom is -0.314 e. The Morgan fingerprint density at radius 1 is 0.534 bits per heavy atom. The Balaban J connectivity index is 0.918. The van der Waals surface area contributed by atoms with Crippen LogP contribution >= 0.6 is 0 Å². The van der Waals surface area contributed by atoms with Crippen molar-refractivity contribution in [1.29, 1.82) is 0 Å². The summed E-state index contributed by atoms with van der Waals surface area (Å²) in [5.41, 5.74) is 19.7. The summed E-state index contributed by atoms with van der Waals surface area (Å²) < 4.78 is 0. The molecular weight excluding hydrogens is 701 g/mol. The van der Waals surface area contributed by atoms with Crippen molar-refractivity contribution in [1.82, 2.24) is 0 Å². The van der Waals surface area contributed by atoms with Crippen LogP contribution < -0.4 is 9.80 Å². The second-order valence-electron chi connectivity index (χ2n) is 17.4. The highest BCUT2D eigenvalue weighted by Crippen LogP contribution is 2.57. The molecule has 4 aliphatic rings. The van der Waals surface area contributed by atoms with Crippen LogP contribution in [-0.4, -0.2) is 0 Å². The van der Waals surface area contributed by atoms with Crippen molar-refractivity contribution in [3.63, 3.8) is 0 Å². The Morgan fingerprint density at radius 3 is 1.72 bits per heavy atom. The zero-order valence-corrected chi connectivity index (χ0v) is 34.0. The normalized spacial score (nSPS) is 18.2. The average Bonchev–Trinajstić information content (AvgIpc) is 3.63. The molecule has 10 rings (SSSR count). The maximum Gasteiger partial charge on any atom is 0.0465 e. The highest BCUT2D eigenvalue weighted by Gasteiger charge is 2.45. The molecule has 58 heavy (non-hydrogen) atoms. The van der Waals surface area contributed by atoms with Crippen molar-refractivity contribution < 1.29 is 0 Å². The summed E-state index contributed by atoms with van der Waals surface area (Å²) >= 11 is 0. The van der Waals surface area contributed by atoms with Crippen LogP contribution in [-0.2, 0) is 5.41 Å². The van der Waals surface area contributed by atoms with E-state index >= 15 is 0 Å². The van der Waals surface area contributed by atoms with Crippen LogP contribution in [0.3, 0.4) is 0 Å². The van der Waals surface area contributed by atoms with E-state index in [-0.39, 0.29) is 10.8 Å². The summed E-state index contributed by atoms with van der Waals surface area (Å²) in [6.45, 7) is 9.67. The Bertz CT molecular complexity index is 2630. The summed E-state index contributed by atoms with van der Waals surface area (Å²) in [5, 5.41) is 0. The molecule has 0 heterocycles. The van der Waals surface area contributed by atoms with Gasteiger partial charge in [0.05, 0.1) is 0 Å². The van der Waals surface area contributed by atoms with Crippen molar-refractivity contribution >= 4 is 40.6 Å². The largest absolute Gasteiger partial charge is 0.314 e. The molecular formula is C56H50N2. The zero-order chi connectivity index (χ0) is 39.4. The molecule has 0 N–H and O–H groups in total. The molecule has 2 nitrogen and oxygen atoms in total. The number of fused-ring (bicyclic) bond motifs is 5. The third-order valence-corrected chi connectivity index (χ3v) is 13.3. The topological polar surface area (TPSA) is 6.48 Å². The first-order valence-corrected chi connectivity index (χ1v) is 20.9. The number of para-hydroxylation sites is 3. The van der Waals surface area contributed by atoms with E-state index in [2.05, 4.69) is 226 Å². The number of hydrogen-bond acceptors (Lipinski definition) is 2. The van der Waals surface area contributed by atoms with Gasteiger partial charge in [-0.2, -0.15) is 0 Å². The molecule has 6 aromatic carbocycles. The smallest absolute Gasteiger partial charge is 0.0465 e. The predicted octanol–water partition coefficient (Wildman–Crippen LogP) is 15.3. The van der Waals surface area contributed by atoms with Crippen LogP contribution in [0.2, 0.25) is 0 Å². The van der Waals surface area contributed by atoms with E-state index in [1.54, 1.807) is 5.57 Å². The van der Waals surface area contributed by atoms with Crippen molar-refractivity contribution in [2.24, 2.45) is 11.3 Å². The Morgan fingerprint density at radius 2 is 1.07 bits per heavy atom. The molecule has 6 aromatic rings. The number of nitrogens with zero attached hydrogens (tertiary/aromatic N) is 2. The van der Waals surface area contributed by atoms with E-state index < -0.39 is 0 Å². The zero-order valence-electron chi connectivity index (χ0n) is 34.0. The average molecular weight is 751 g/mol. The first-order valence-electron chi connectivity index (χ1n) is 20.9. The maximum atomic E-state index is 2.47.